The first-order valence-electron chi connectivity index (χ1n) is 12.2. The summed E-state index contributed by atoms with van der Waals surface area (Å²) in [7, 11) is 2.81. The summed E-state index contributed by atoms with van der Waals surface area (Å²) in [4.78, 5) is 36.5. The number of nitrogens with zero attached hydrogens (tertiary/aromatic N) is 4. The molecule has 1 fully saturated rings. The molecule has 1 atom stereocenters. The molecule has 1 saturated heterocycles. The van der Waals surface area contributed by atoms with Crippen LogP contribution in [0.1, 0.15) is 28.3 Å². The van der Waals surface area contributed by atoms with Gasteiger partial charge in [-0.15, -0.1) is 0 Å². The minimum absolute atomic E-state index is 0.0615. The average molecular weight is 569 g/mol. The lowest BCUT2D eigenvalue weighted by molar-refractivity contribution is 0.0784. The van der Waals surface area contributed by atoms with E-state index in [1.54, 1.807) is 18.2 Å². The monoisotopic (exact) mass is 568 g/mol. The molecule has 0 bridgehead atoms. The van der Waals surface area contributed by atoms with Crippen LogP contribution in [0, 0.1) is 11.6 Å². The van der Waals surface area contributed by atoms with Crippen molar-refractivity contribution in [1.82, 2.24) is 19.4 Å². The normalized spacial score (nSPS) is 14.8. The Morgan fingerprint density at radius 3 is 2.30 bits per heavy atom. The molecule has 4 aromatic rings. The van der Waals surface area contributed by atoms with Crippen molar-refractivity contribution in [3.8, 4) is 34.6 Å². The number of carbonyl (C=O) groups excluding carboxylic acids is 1. The standard InChI is InChI=1S/C28H23ClF2N4O5/c1-39-20-7-4-8-21(40-2)24(20)35-25(19-10-9-16(29)13-32-19)33-26(36)23(28(35)38)27(37)34-12-11-15(14-34)22-17(30)5-3-6-18(22)31/h3-10,13,15,38H,11-12,14H2,1-2H3. The van der Waals surface area contributed by atoms with Crippen molar-refractivity contribution in [3.05, 3.63) is 92.9 Å². The number of methoxy groups -OCH3 is 2. The maximum absolute atomic E-state index is 14.4. The number of benzene rings is 2. The predicted molar refractivity (Wildman–Crippen MR) is 142 cm³/mol. The van der Waals surface area contributed by atoms with Crippen LogP contribution in [0.15, 0.2) is 59.5 Å². The van der Waals surface area contributed by atoms with Crippen LogP contribution in [0.2, 0.25) is 5.02 Å². The topological polar surface area (TPSA) is 107 Å². The van der Waals surface area contributed by atoms with Gasteiger partial charge >= 0.3 is 0 Å². The number of halogens is 3. The van der Waals surface area contributed by atoms with E-state index in [4.69, 9.17) is 21.1 Å². The third-order valence-corrected chi connectivity index (χ3v) is 6.97. The summed E-state index contributed by atoms with van der Waals surface area (Å²) in [5.41, 5.74) is -1.44. The van der Waals surface area contributed by atoms with E-state index in [1.165, 1.54) is 43.5 Å². The molecule has 2 aromatic heterocycles. The van der Waals surface area contributed by atoms with Gasteiger partial charge in [-0.25, -0.2) is 8.78 Å². The molecule has 5 rings (SSSR count). The Kier molecular flexibility index (Phi) is 7.40. The zero-order valence-corrected chi connectivity index (χ0v) is 22.2. The quantitative estimate of drug-likeness (QED) is 0.363. The van der Waals surface area contributed by atoms with Crippen molar-refractivity contribution in [2.24, 2.45) is 0 Å². The maximum atomic E-state index is 14.4. The van der Waals surface area contributed by atoms with Crippen LogP contribution >= 0.6 is 11.6 Å². The van der Waals surface area contributed by atoms with Crippen molar-refractivity contribution in [1.29, 1.82) is 0 Å². The van der Waals surface area contributed by atoms with E-state index < -0.39 is 40.5 Å². The number of amides is 1. The summed E-state index contributed by atoms with van der Waals surface area (Å²) in [6.07, 6.45) is 1.61. The Bertz CT molecular complexity index is 1620. The number of hydrogen-bond donors (Lipinski definition) is 1. The summed E-state index contributed by atoms with van der Waals surface area (Å²) in [6, 6.07) is 11.5. The fraction of sp³-hybridized carbons (Fsp3) is 0.214. The molecule has 1 unspecified atom stereocenters. The minimum Gasteiger partial charge on any atom is -0.494 e. The number of pyridine rings is 1. The first kappa shape index (κ1) is 27.1. The molecule has 3 heterocycles. The molecular weight excluding hydrogens is 546 g/mol. The molecule has 1 amide bonds. The van der Waals surface area contributed by atoms with Crippen molar-refractivity contribution < 1.29 is 28.2 Å². The van der Waals surface area contributed by atoms with Gasteiger partial charge in [0, 0.05) is 30.8 Å². The van der Waals surface area contributed by atoms with Gasteiger partial charge in [0.15, 0.2) is 11.4 Å². The smallest absolute Gasteiger partial charge is 0.290 e. The first-order chi connectivity index (χ1) is 19.2. The molecule has 1 aliphatic heterocycles. The van der Waals surface area contributed by atoms with Gasteiger partial charge in [0.2, 0.25) is 5.88 Å². The van der Waals surface area contributed by atoms with Gasteiger partial charge in [0.1, 0.15) is 34.5 Å². The van der Waals surface area contributed by atoms with Gasteiger partial charge in [-0.2, -0.15) is 4.98 Å². The van der Waals surface area contributed by atoms with E-state index in [9.17, 15) is 23.5 Å². The lowest BCUT2D eigenvalue weighted by Crippen LogP contribution is -2.34. The third kappa shape index (κ3) is 4.73. The minimum atomic E-state index is -1.01. The number of likely N-dealkylation sites (tertiary alicyclic amines) is 1. The summed E-state index contributed by atoms with van der Waals surface area (Å²) in [5, 5.41) is 11.9. The van der Waals surface area contributed by atoms with E-state index in [-0.39, 0.29) is 53.8 Å². The molecule has 2 aromatic carbocycles. The molecule has 12 heteroatoms. The van der Waals surface area contributed by atoms with Gasteiger partial charge < -0.3 is 19.5 Å². The van der Waals surface area contributed by atoms with E-state index in [0.29, 0.717) is 5.02 Å². The SMILES string of the molecule is COc1cccc(OC)c1-n1c(-c2ccc(Cl)cn2)nc(=O)c(C(=O)N2CCC(c3c(F)cccc3F)C2)c1O. The molecule has 40 heavy (non-hydrogen) atoms. The molecule has 0 spiro atoms. The Labute approximate surface area is 232 Å². The Balaban J connectivity index is 1.66. The molecule has 1 aliphatic rings. The second kappa shape index (κ2) is 10.9. The van der Waals surface area contributed by atoms with Crippen molar-refractivity contribution in [3.63, 3.8) is 0 Å². The van der Waals surface area contributed by atoms with E-state index in [0.717, 1.165) is 16.7 Å². The number of aromatic hydroxyl groups is 1. The molecule has 206 valence electrons. The molecular formula is C28H23ClF2N4O5. The lowest BCUT2D eigenvalue weighted by atomic mass is 9.97. The molecule has 0 saturated carbocycles. The highest BCUT2D eigenvalue weighted by atomic mass is 35.5. The van der Waals surface area contributed by atoms with Crippen LogP contribution in [0.5, 0.6) is 17.4 Å². The lowest BCUT2D eigenvalue weighted by Gasteiger charge is -2.22. The Morgan fingerprint density at radius 2 is 1.70 bits per heavy atom. The molecule has 0 aliphatic carbocycles. The Morgan fingerprint density at radius 1 is 1.05 bits per heavy atom. The number of para-hydroxylation sites is 1. The number of hydrogen-bond acceptors (Lipinski definition) is 7. The highest BCUT2D eigenvalue weighted by Gasteiger charge is 2.35. The van der Waals surface area contributed by atoms with Gasteiger partial charge in [0.25, 0.3) is 11.5 Å². The second-order valence-electron chi connectivity index (χ2n) is 9.02. The summed E-state index contributed by atoms with van der Waals surface area (Å²) >= 11 is 5.99. The summed E-state index contributed by atoms with van der Waals surface area (Å²) in [5.74, 6) is -3.26. The second-order valence-corrected chi connectivity index (χ2v) is 9.46. The maximum Gasteiger partial charge on any atom is 0.290 e. The summed E-state index contributed by atoms with van der Waals surface area (Å²) in [6.45, 7) is 0.0443. The van der Waals surface area contributed by atoms with E-state index in [2.05, 4.69) is 9.97 Å². The number of rotatable bonds is 6. The summed E-state index contributed by atoms with van der Waals surface area (Å²) < 4.78 is 41.0. The predicted octanol–water partition coefficient (Wildman–Crippen LogP) is 4.58. The molecule has 0 radical (unpaired) electrons. The van der Waals surface area contributed by atoms with Gasteiger partial charge in [-0.3, -0.25) is 19.1 Å². The fourth-order valence-electron chi connectivity index (χ4n) is 4.88. The van der Waals surface area contributed by atoms with Crippen LogP contribution in [-0.4, -0.2) is 57.8 Å². The fourth-order valence-corrected chi connectivity index (χ4v) is 4.99. The largest absolute Gasteiger partial charge is 0.494 e. The van der Waals surface area contributed by atoms with Crippen LogP contribution in [0.4, 0.5) is 8.78 Å². The number of aromatic nitrogens is 3. The van der Waals surface area contributed by atoms with E-state index >= 15 is 0 Å². The first-order valence-corrected chi connectivity index (χ1v) is 12.5. The van der Waals surface area contributed by atoms with E-state index in [1.807, 2.05) is 0 Å². The van der Waals surface area contributed by atoms with Gasteiger partial charge in [-0.1, -0.05) is 23.7 Å². The molecule has 9 nitrogen and oxygen atoms in total. The highest BCUT2D eigenvalue weighted by Crippen LogP contribution is 2.39. The zero-order chi connectivity index (χ0) is 28.6. The van der Waals surface area contributed by atoms with Crippen molar-refractivity contribution in [2.45, 2.75) is 12.3 Å². The molecule has 1 N–H and O–H groups in total. The van der Waals surface area contributed by atoms with Crippen LogP contribution in [-0.2, 0) is 0 Å². The number of carbonyl (C=O) groups is 1. The number of ether oxygens (including phenoxy) is 2. The van der Waals surface area contributed by atoms with Crippen LogP contribution in [0.25, 0.3) is 17.2 Å². The van der Waals surface area contributed by atoms with Crippen molar-refractivity contribution in [2.75, 3.05) is 27.3 Å². The van der Waals surface area contributed by atoms with Crippen molar-refractivity contribution >= 4 is 17.5 Å². The highest BCUT2D eigenvalue weighted by molar-refractivity contribution is 6.30. The third-order valence-electron chi connectivity index (χ3n) is 6.75. The average Bonchev–Trinajstić information content (AvgIpc) is 3.42. The van der Waals surface area contributed by atoms with Gasteiger partial charge in [-0.05, 0) is 42.8 Å². The Hall–Kier alpha value is -4.51. The van der Waals surface area contributed by atoms with Crippen LogP contribution in [0.3, 0.4) is 0 Å². The zero-order valence-electron chi connectivity index (χ0n) is 21.4. The van der Waals surface area contributed by atoms with Gasteiger partial charge in [0.05, 0.1) is 19.2 Å². The van der Waals surface area contributed by atoms with Crippen LogP contribution < -0.4 is 15.0 Å².